The number of nitrogens with two attached hydrogens (primary N) is 1. The van der Waals surface area contributed by atoms with Crippen molar-refractivity contribution in [3.05, 3.63) is 56.5 Å². The second kappa shape index (κ2) is 13.0. The lowest BCUT2D eigenvalue weighted by Crippen LogP contribution is -2.33. The topological polar surface area (TPSA) is 135 Å². The van der Waals surface area contributed by atoms with Gasteiger partial charge in [0, 0.05) is 12.0 Å². The lowest BCUT2D eigenvalue weighted by Gasteiger charge is -2.12. The molecule has 2 aromatic rings. The second-order valence-corrected chi connectivity index (χ2v) is 7.78. The Hall–Kier alpha value is -2.85. The number of hydrazine groups is 1. The SMILES string of the molecule is CCOC(=O)CCc1cc(Cl)c(NC(=O)CNC(=O)c2ccc(Cl)c(N=CNN)c2)c(Cl)c1. The van der Waals surface area contributed by atoms with Gasteiger partial charge in [0.1, 0.15) is 6.34 Å². The standard InChI is InChI=1S/C21H22Cl3N5O4/c1-2-33-19(31)6-3-12-7-15(23)20(16(24)8-12)29-18(30)10-26-21(32)13-4-5-14(22)17(9-13)27-11-28-25/h4-5,7-9,11H,2-3,6,10,25H2,1H3,(H,26,32)(H,27,28)(H,29,30). The molecule has 0 saturated carbocycles. The van der Waals surface area contributed by atoms with E-state index in [0.717, 1.165) is 5.56 Å². The van der Waals surface area contributed by atoms with Gasteiger partial charge in [-0.05, 0) is 49.2 Å². The minimum atomic E-state index is -0.536. The lowest BCUT2D eigenvalue weighted by molar-refractivity contribution is -0.143. The fourth-order valence-electron chi connectivity index (χ4n) is 2.67. The molecule has 0 aliphatic carbocycles. The molecule has 0 saturated heterocycles. The predicted octanol–water partition coefficient (Wildman–Crippen LogP) is 3.63. The van der Waals surface area contributed by atoms with Gasteiger partial charge in [0.15, 0.2) is 0 Å². The molecule has 0 fully saturated rings. The third-order valence-corrected chi connectivity index (χ3v) is 5.10. The highest BCUT2D eigenvalue weighted by molar-refractivity contribution is 6.40. The fourth-order valence-corrected chi connectivity index (χ4v) is 3.47. The van der Waals surface area contributed by atoms with E-state index in [0.29, 0.717) is 23.7 Å². The van der Waals surface area contributed by atoms with Gasteiger partial charge in [0.25, 0.3) is 5.91 Å². The Morgan fingerprint density at radius 3 is 2.42 bits per heavy atom. The van der Waals surface area contributed by atoms with Gasteiger partial charge in [0.2, 0.25) is 5.91 Å². The number of aliphatic imine (C=N–C) groups is 1. The molecule has 0 spiro atoms. The molecule has 2 aromatic carbocycles. The zero-order valence-corrected chi connectivity index (χ0v) is 19.9. The first kappa shape index (κ1) is 26.4. The van der Waals surface area contributed by atoms with Gasteiger partial charge in [-0.25, -0.2) is 10.8 Å². The van der Waals surface area contributed by atoms with Crippen LogP contribution in [0.1, 0.15) is 29.3 Å². The van der Waals surface area contributed by atoms with Crippen molar-refractivity contribution in [3.8, 4) is 0 Å². The number of anilines is 1. The molecule has 12 heteroatoms. The van der Waals surface area contributed by atoms with E-state index in [1.165, 1.54) is 24.5 Å². The molecule has 2 rings (SSSR count). The van der Waals surface area contributed by atoms with Crippen molar-refractivity contribution in [1.29, 1.82) is 0 Å². The maximum absolute atomic E-state index is 12.4. The molecule has 0 atom stereocenters. The van der Waals surface area contributed by atoms with Crippen molar-refractivity contribution < 1.29 is 19.1 Å². The van der Waals surface area contributed by atoms with Crippen molar-refractivity contribution in [2.45, 2.75) is 19.8 Å². The normalized spacial score (nSPS) is 10.7. The van der Waals surface area contributed by atoms with Gasteiger partial charge < -0.3 is 20.8 Å². The number of nitrogens with one attached hydrogen (secondary N) is 3. The number of halogens is 3. The van der Waals surface area contributed by atoms with Crippen LogP contribution in [0.5, 0.6) is 0 Å². The van der Waals surface area contributed by atoms with E-state index in [2.05, 4.69) is 21.1 Å². The largest absolute Gasteiger partial charge is 0.466 e. The first-order valence-corrected chi connectivity index (χ1v) is 10.9. The zero-order valence-electron chi connectivity index (χ0n) is 17.6. The van der Waals surface area contributed by atoms with Crippen LogP contribution in [0.3, 0.4) is 0 Å². The molecule has 5 N–H and O–H groups in total. The summed E-state index contributed by atoms with van der Waals surface area (Å²) >= 11 is 18.5. The third kappa shape index (κ3) is 8.21. The Balaban J connectivity index is 1.97. The summed E-state index contributed by atoms with van der Waals surface area (Å²) in [7, 11) is 0. The number of esters is 1. The summed E-state index contributed by atoms with van der Waals surface area (Å²) in [6.07, 6.45) is 1.78. The predicted molar refractivity (Wildman–Crippen MR) is 129 cm³/mol. The van der Waals surface area contributed by atoms with Crippen LogP contribution in [-0.4, -0.2) is 37.3 Å². The Bertz CT molecular complexity index is 1040. The van der Waals surface area contributed by atoms with E-state index in [9.17, 15) is 14.4 Å². The molecule has 0 aromatic heterocycles. The fraction of sp³-hybridized carbons (Fsp3) is 0.238. The average molecular weight is 515 g/mol. The Morgan fingerprint density at radius 2 is 1.79 bits per heavy atom. The molecule has 0 radical (unpaired) electrons. The Kier molecular flexibility index (Phi) is 10.4. The molecule has 0 aliphatic rings. The van der Waals surface area contributed by atoms with Gasteiger partial charge in [-0.3, -0.25) is 14.4 Å². The van der Waals surface area contributed by atoms with Crippen molar-refractivity contribution in [3.63, 3.8) is 0 Å². The van der Waals surface area contributed by atoms with Crippen LogP contribution < -0.4 is 21.9 Å². The number of aryl methyl sites for hydroxylation is 1. The maximum Gasteiger partial charge on any atom is 0.306 e. The molecule has 0 heterocycles. The quantitative estimate of drug-likeness (QED) is 0.126. The van der Waals surface area contributed by atoms with Crippen molar-refractivity contribution in [1.82, 2.24) is 10.7 Å². The second-order valence-electron chi connectivity index (χ2n) is 6.56. The van der Waals surface area contributed by atoms with E-state index in [1.54, 1.807) is 19.1 Å². The molecule has 0 aliphatic heterocycles. The highest BCUT2D eigenvalue weighted by atomic mass is 35.5. The van der Waals surface area contributed by atoms with Gasteiger partial charge in [-0.1, -0.05) is 34.8 Å². The molecule has 33 heavy (non-hydrogen) atoms. The van der Waals surface area contributed by atoms with Crippen LogP contribution in [0.4, 0.5) is 11.4 Å². The molecular formula is C21H22Cl3N5O4. The third-order valence-electron chi connectivity index (χ3n) is 4.19. The number of hydrogen-bond acceptors (Lipinski definition) is 6. The number of ether oxygens (including phenoxy) is 1. The van der Waals surface area contributed by atoms with Gasteiger partial charge in [0.05, 0.1) is 39.6 Å². The first-order chi connectivity index (χ1) is 15.7. The Morgan fingerprint density at radius 1 is 1.09 bits per heavy atom. The van der Waals surface area contributed by atoms with Crippen molar-refractivity contribution in [2.24, 2.45) is 10.8 Å². The summed E-state index contributed by atoms with van der Waals surface area (Å²) in [4.78, 5) is 40.2. The molecule has 2 amide bonds. The van der Waals surface area contributed by atoms with Crippen molar-refractivity contribution in [2.75, 3.05) is 18.5 Å². The molecule has 176 valence electrons. The van der Waals surface area contributed by atoms with E-state index in [4.69, 9.17) is 45.4 Å². The van der Waals surface area contributed by atoms with Crippen LogP contribution >= 0.6 is 34.8 Å². The summed E-state index contributed by atoms with van der Waals surface area (Å²) < 4.78 is 4.89. The van der Waals surface area contributed by atoms with Gasteiger partial charge >= 0.3 is 5.97 Å². The summed E-state index contributed by atoms with van der Waals surface area (Å²) in [5.74, 6) is 3.76. The van der Waals surface area contributed by atoms with Crippen LogP contribution in [0.2, 0.25) is 15.1 Å². The van der Waals surface area contributed by atoms with Gasteiger partial charge in [-0.15, -0.1) is 0 Å². The maximum atomic E-state index is 12.4. The molecule has 9 nitrogen and oxygen atoms in total. The highest BCUT2D eigenvalue weighted by Gasteiger charge is 2.15. The lowest BCUT2D eigenvalue weighted by atomic mass is 10.1. The van der Waals surface area contributed by atoms with E-state index in [-0.39, 0.29) is 40.2 Å². The summed E-state index contributed by atoms with van der Waals surface area (Å²) in [6, 6.07) is 7.65. The van der Waals surface area contributed by atoms with Gasteiger partial charge in [-0.2, -0.15) is 0 Å². The molecule has 0 bridgehead atoms. The van der Waals surface area contributed by atoms with E-state index in [1.807, 2.05) is 0 Å². The zero-order chi connectivity index (χ0) is 24.4. The summed E-state index contributed by atoms with van der Waals surface area (Å²) in [6.45, 7) is 1.70. The number of rotatable bonds is 10. The number of hydrogen-bond donors (Lipinski definition) is 4. The first-order valence-electron chi connectivity index (χ1n) is 9.75. The van der Waals surface area contributed by atoms with Crippen molar-refractivity contribution >= 4 is 70.3 Å². The Labute approximate surface area is 205 Å². The monoisotopic (exact) mass is 513 g/mol. The number of carbonyl (C=O) groups is 3. The minimum Gasteiger partial charge on any atom is -0.466 e. The number of nitrogens with zero attached hydrogens (tertiary/aromatic N) is 1. The van der Waals surface area contributed by atoms with Crippen LogP contribution in [0.25, 0.3) is 0 Å². The number of amides is 2. The van der Waals surface area contributed by atoms with Crippen LogP contribution in [-0.2, 0) is 20.7 Å². The van der Waals surface area contributed by atoms with Crippen LogP contribution in [0, 0.1) is 0 Å². The molecular weight excluding hydrogens is 493 g/mol. The number of benzene rings is 2. The van der Waals surface area contributed by atoms with E-state index < -0.39 is 11.8 Å². The molecule has 0 unspecified atom stereocenters. The van der Waals surface area contributed by atoms with E-state index >= 15 is 0 Å². The average Bonchev–Trinajstić information content (AvgIpc) is 2.78. The van der Waals surface area contributed by atoms with Crippen LogP contribution in [0.15, 0.2) is 35.3 Å². The minimum absolute atomic E-state index is 0.179. The summed E-state index contributed by atoms with van der Waals surface area (Å²) in [5, 5.41) is 5.79. The highest BCUT2D eigenvalue weighted by Crippen LogP contribution is 2.32. The summed E-state index contributed by atoms with van der Waals surface area (Å²) in [5.41, 5.74) is 3.74. The smallest absolute Gasteiger partial charge is 0.306 e. The number of carbonyl (C=O) groups excluding carboxylic acids is 3.